The largest absolute Gasteiger partial charge is 0.394 e. The zero-order valence-corrected chi connectivity index (χ0v) is 11.2. The Morgan fingerprint density at radius 1 is 1.50 bits per heavy atom. The van der Waals surface area contributed by atoms with Gasteiger partial charge >= 0.3 is 16.4 Å². The van der Waals surface area contributed by atoms with Crippen LogP contribution in [-0.2, 0) is 33.0 Å². The van der Waals surface area contributed by atoms with Gasteiger partial charge in [-0.05, 0) is 23.4 Å². The van der Waals surface area contributed by atoms with Crippen molar-refractivity contribution in [3.8, 4) is 0 Å². The van der Waals surface area contributed by atoms with E-state index in [0.29, 0.717) is 0 Å². The van der Waals surface area contributed by atoms with E-state index in [2.05, 4.69) is 11.4 Å². The summed E-state index contributed by atoms with van der Waals surface area (Å²) in [5.41, 5.74) is 1.29. The third kappa shape index (κ3) is 6.07. The summed E-state index contributed by atoms with van der Waals surface area (Å²) in [7, 11) is -4.67. The maximum atomic E-state index is 10.7. The number of hydroxylamine groups is 2. The molecule has 2 rings (SSSR count). The number of carbonyl (C=O) groups is 1. The zero-order chi connectivity index (χ0) is 13.8. The Morgan fingerprint density at radius 3 is 2.67 bits per heavy atom. The molecular weight excluding hydrogens is 282 g/mol. The van der Waals surface area contributed by atoms with Gasteiger partial charge in [-0.1, -0.05) is 0 Å². The molecule has 1 aliphatic heterocycles. The van der Waals surface area contributed by atoms with Crippen molar-refractivity contribution in [1.82, 2.24) is 5.06 Å². The molecule has 9 heteroatoms. The normalized spacial score (nSPS) is 15.3. The van der Waals surface area contributed by atoms with Crippen LogP contribution in [0.25, 0.3) is 0 Å². The average molecular weight is 295 g/mol. The Kier molecular flexibility index (Phi) is 5.23. The van der Waals surface area contributed by atoms with E-state index in [1.165, 1.54) is 17.4 Å². The molecule has 0 aliphatic carbocycles. The van der Waals surface area contributed by atoms with Crippen molar-refractivity contribution in [2.24, 2.45) is 0 Å². The van der Waals surface area contributed by atoms with E-state index in [1.54, 1.807) is 16.4 Å². The number of thiophene rings is 1. The predicted molar refractivity (Wildman–Crippen MR) is 64.4 cm³/mol. The SMILES string of the molecule is CC(=O)ON1CCc2sccc2C1.O=S(=O)(O)O. The second-order valence-corrected chi connectivity index (χ2v) is 5.41. The molecule has 0 bridgehead atoms. The van der Waals surface area contributed by atoms with Crippen LogP contribution in [0.1, 0.15) is 17.4 Å². The summed E-state index contributed by atoms with van der Waals surface area (Å²) in [4.78, 5) is 17.1. The highest BCUT2D eigenvalue weighted by Crippen LogP contribution is 2.23. The van der Waals surface area contributed by atoms with Crippen LogP contribution >= 0.6 is 11.3 Å². The van der Waals surface area contributed by atoms with Crippen LogP contribution in [0.4, 0.5) is 0 Å². The molecule has 0 unspecified atom stereocenters. The standard InChI is InChI=1S/C9H11NO2S.H2O4S/c1-7(11)12-10-4-2-9-8(6-10)3-5-13-9;1-5(2,3)4/h3,5H,2,4,6H2,1H3;(H2,1,2,3,4). The molecule has 7 nitrogen and oxygen atoms in total. The van der Waals surface area contributed by atoms with Crippen LogP contribution in [0.15, 0.2) is 11.4 Å². The predicted octanol–water partition coefficient (Wildman–Crippen LogP) is 0.932. The van der Waals surface area contributed by atoms with Crippen LogP contribution in [0.3, 0.4) is 0 Å². The number of nitrogens with zero attached hydrogens (tertiary/aromatic N) is 1. The molecule has 1 aromatic rings. The molecule has 1 aliphatic rings. The fraction of sp³-hybridized carbons (Fsp3) is 0.444. The minimum Gasteiger partial charge on any atom is -0.368 e. The highest BCUT2D eigenvalue weighted by molar-refractivity contribution is 7.79. The zero-order valence-electron chi connectivity index (χ0n) is 9.57. The van der Waals surface area contributed by atoms with Crippen LogP contribution in [-0.4, -0.2) is 35.1 Å². The van der Waals surface area contributed by atoms with Gasteiger partial charge in [-0.2, -0.15) is 8.42 Å². The van der Waals surface area contributed by atoms with Crippen molar-refractivity contribution in [2.45, 2.75) is 19.9 Å². The summed E-state index contributed by atoms with van der Waals surface area (Å²) in [6.45, 7) is 2.98. The molecule has 0 saturated heterocycles. The van der Waals surface area contributed by atoms with Gasteiger partial charge in [-0.25, -0.2) is 0 Å². The van der Waals surface area contributed by atoms with Crippen molar-refractivity contribution >= 4 is 27.7 Å². The first kappa shape index (κ1) is 15.1. The highest BCUT2D eigenvalue weighted by atomic mass is 32.3. The molecule has 102 valence electrons. The van der Waals surface area contributed by atoms with Crippen LogP contribution < -0.4 is 0 Å². The van der Waals surface area contributed by atoms with Gasteiger partial charge < -0.3 is 4.84 Å². The fourth-order valence-electron chi connectivity index (χ4n) is 1.48. The Balaban J connectivity index is 0.000000280. The summed E-state index contributed by atoms with van der Waals surface area (Å²) in [6.07, 6.45) is 0.986. The number of rotatable bonds is 1. The number of hydrogen-bond acceptors (Lipinski definition) is 6. The van der Waals surface area contributed by atoms with E-state index in [4.69, 9.17) is 22.4 Å². The van der Waals surface area contributed by atoms with Crippen molar-refractivity contribution in [1.29, 1.82) is 0 Å². The second-order valence-electron chi connectivity index (χ2n) is 3.51. The molecule has 1 aromatic heterocycles. The van der Waals surface area contributed by atoms with Crippen LogP contribution in [0.2, 0.25) is 0 Å². The smallest absolute Gasteiger partial charge is 0.368 e. The van der Waals surface area contributed by atoms with Gasteiger partial charge in [0.1, 0.15) is 0 Å². The summed E-state index contributed by atoms with van der Waals surface area (Å²) in [5.74, 6) is -0.237. The van der Waals surface area contributed by atoms with Crippen molar-refractivity contribution in [3.05, 3.63) is 21.9 Å². The van der Waals surface area contributed by atoms with Gasteiger partial charge in [-0.15, -0.1) is 16.4 Å². The van der Waals surface area contributed by atoms with Crippen molar-refractivity contribution < 1.29 is 27.2 Å². The lowest BCUT2D eigenvalue weighted by Crippen LogP contribution is -2.31. The van der Waals surface area contributed by atoms with Gasteiger partial charge in [0.05, 0.1) is 6.54 Å². The molecule has 2 heterocycles. The average Bonchev–Trinajstić information content (AvgIpc) is 2.60. The minimum atomic E-state index is -4.67. The van der Waals surface area contributed by atoms with Crippen molar-refractivity contribution in [3.63, 3.8) is 0 Å². The summed E-state index contributed by atoms with van der Waals surface area (Å²) < 4.78 is 31.6. The topological polar surface area (TPSA) is 104 Å². The highest BCUT2D eigenvalue weighted by Gasteiger charge is 2.18. The molecular formula is C9H13NO6S2. The van der Waals surface area contributed by atoms with Crippen molar-refractivity contribution in [2.75, 3.05) is 6.54 Å². The van der Waals surface area contributed by atoms with Crippen LogP contribution in [0.5, 0.6) is 0 Å². The molecule has 2 N–H and O–H groups in total. The molecule has 0 saturated carbocycles. The van der Waals surface area contributed by atoms with Gasteiger partial charge in [0.25, 0.3) is 0 Å². The maximum Gasteiger partial charge on any atom is 0.394 e. The molecule has 0 aromatic carbocycles. The quantitative estimate of drug-likeness (QED) is 0.743. The Bertz CT molecular complexity index is 501. The van der Waals surface area contributed by atoms with E-state index >= 15 is 0 Å². The maximum absolute atomic E-state index is 10.7. The summed E-state index contributed by atoms with van der Waals surface area (Å²) in [6, 6.07) is 2.09. The number of fused-ring (bicyclic) bond motifs is 1. The first-order valence-electron chi connectivity index (χ1n) is 4.94. The number of carbonyl (C=O) groups excluding carboxylic acids is 1. The monoisotopic (exact) mass is 295 g/mol. The van der Waals surface area contributed by atoms with E-state index in [1.807, 2.05) is 0 Å². The molecule has 18 heavy (non-hydrogen) atoms. The molecule has 0 amide bonds. The molecule has 0 radical (unpaired) electrons. The molecule has 0 fully saturated rings. The van der Waals surface area contributed by atoms with Gasteiger partial charge in [0.2, 0.25) is 0 Å². The van der Waals surface area contributed by atoms with Gasteiger partial charge in [-0.3, -0.25) is 13.9 Å². The lowest BCUT2D eigenvalue weighted by molar-refractivity contribution is -0.192. The van der Waals surface area contributed by atoms with Gasteiger partial charge in [0.15, 0.2) is 0 Å². The fourth-order valence-corrected chi connectivity index (χ4v) is 2.37. The molecule has 0 atom stereocenters. The van der Waals surface area contributed by atoms with E-state index < -0.39 is 10.4 Å². The van der Waals surface area contributed by atoms with Crippen LogP contribution in [0, 0.1) is 0 Å². The molecule has 0 spiro atoms. The Hall–Kier alpha value is -1.00. The third-order valence-electron chi connectivity index (χ3n) is 2.03. The van der Waals surface area contributed by atoms with E-state index in [-0.39, 0.29) is 5.97 Å². The summed E-state index contributed by atoms with van der Waals surface area (Å²) in [5, 5.41) is 3.80. The summed E-state index contributed by atoms with van der Waals surface area (Å²) >= 11 is 1.78. The first-order chi connectivity index (χ1) is 8.25. The third-order valence-corrected chi connectivity index (χ3v) is 3.05. The second kappa shape index (κ2) is 6.25. The van der Waals surface area contributed by atoms with E-state index in [0.717, 1.165) is 19.5 Å². The Morgan fingerprint density at radius 2 is 2.11 bits per heavy atom. The Labute approximate surface area is 109 Å². The van der Waals surface area contributed by atoms with E-state index in [9.17, 15) is 4.79 Å². The lowest BCUT2D eigenvalue weighted by Gasteiger charge is -2.24. The van der Waals surface area contributed by atoms with Gasteiger partial charge in [0, 0.05) is 18.3 Å². The minimum absolute atomic E-state index is 0.237. The number of hydrogen-bond donors (Lipinski definition) is 2. The first-order valence-corrected chi connectivity index (χ1v) is 7.22. The lowest BCUT2D eigenvalue weighted by atomic mass is 10.1.